The topological polar surface area (TPSA) is 20.3 Å². The molecule has 2 nitrogen and oxygen atoms in total. The van der Waals surface area contributed by atoms with Crippen LogP contribution in [0.1, 0.15) is 38.2 Å². The van der Waals surface area contributed by atoms with E-state index in [-0.39, 0.29) is 0 Å². The van der Waals surface area contributed by atoms with Gasteiger partial charge < -0.3 is 4.79 Å². The molecule has 2 rings (SSSR count). The molecule has 0 amide bonds. The lowest BCUT2D eigenvalue weighted by Crippen LogP contribution is -2.35. The second-order valence-electron chi connectivity index (χ2n) is 4.85. The maximum atomic E-state index is 10.7. The van der Waals surface area contributed by atoms with Gasteiger partial charge in [0.05, 0.1) is 0 Å². The zero-order valence-corrected chi connectivity index (χ0v) is 10.5. The summed E-state index contributed by atoms with van der Waals surface area (Å²) in [5, 5.41) is 0. The predicted molar refractivity (Wildman–Crippen MR) is 69.8 cm³/mol. The molecule has 2 heteroatoms. The molecule has 0 aromatic heterocycles. The van der Waals surface area contributed by atoms with Gasteiger partial charge in [-0.15, -0.1) is 0 Å². The summed E-state index contributed by atoms with van der Waals surface area (Å²) in [7, 11) is 0. The second-order valence-corrected chi connectivity index (χ2v) is 4.85. The Labute approximate surface area is 104 Å². The van der Waals surface area contributed by atoms with Crippen molar-refractivity contribution in [1.29, 1.82) is 0 Å². The van der Waals surface area contributed by atoms with E-state index in [1.54, 1.807) is 0 Å². The van der Waals surface area contributed by atoms with Gasteiger partial charge in [-0.25, -0.2) is 0 Å². The Morgan fingerprint density at radius 1 is 1.24 bits per heavy atom. The minimum atomic E-state index is 0.456. The minimum Gasteiger partial charge on any atom is -0.303 e. The van der Waals surface area contributed by atoms with Crippen molar-refractivity contribution in [3.05, 3.63) is 35.9 Å². The molecular weight excluding hydrogens is 210 g/mol. The van der Waals surface area contributed by atoms with Crippen LogP contribution in [0.4, 0.5) is 0 Å². The van der Waals surface area contributed by atoms with Crippen LogP contribution in [0.25, 0.3) is 0 Å². The molecule has 1 aromatic rings. The molecule has 1 aromatic carbocycles. The van der Waals surface area contributed by atoms with Gasteiger partial charge in [-0.05, 0) is 24.8 Å². The highest BCUT2D eigenvalue weighted by Gasteiger charge is 2.31. The van der Waals surface area contributed by atoms with Crippen LogP contribution in [0.2, 0.25) is 0 Å². The highest BCUT2D eigenvalue weighted by molar-refractivity contribution is 5.50. The lowest BCUT2D eigenvalue weighted by atomic mass is 10.1. The molecule has 1 heterocycles. The maximum Gasteiger partial charge on any atom is 0.121 e. The Hall–Kier alpha value is -1.15. The molecule has 0 saturated carbocycles. The SMILES string of the molecule is CCC1CCC(CC=O)N1Cc1ccccc1. The van der Waals surface area contributed by atoms with Crippen molar-refractivity contribution in [3.63, 3.8) is 0 Å². The lowest BCUT2D eigenvalue weighted by molar-refractivity contribution is -0.108. The summed E-state index contributed by atoms with van der Waals surface area (Å²) in [6.45, 7) is 3.23. The summed E-state index contributed by atoms with van der Waals surface area (Å²) in [6.07, 6.45) is 5.35. The van der Waals surface area contributed by atoms with Crippen molar-refractivity contribution in [3.8, 4) is 0 Å². The van der Waals surface area contributed by atoms with E-state index in [1.807, 2.05) is 6.07 Å². The molecule has 0 bridgehead atoms. The molecule has 0 N–H and O–H groups in total. The third-order valence-corrected chi connectivity index (χ3v) is 3.82. The average molecular weight is 231 g/mol. The molecule has 0 radical (unpaired) electrons. The molecule has 0 aliphatic carbocycles. The van der Waals surface area contributed by atoms with E-state index >= 15 is 0 Å². The largest absolute Gasteiger partial charge is 0.303 e. The smallest absolute Gasteiger partial charge is 0.121 e. The lowest BCUT2D eigenvalue weighted by Gasteiger charge is -2.28. The van der Waals surface area contributed by atoms with Crippen molar-refractivity contribution in [2.75, 3.05) is 0 Å². The first-order chi connectivity index (χ1) is 8.35. The molecular formula is C15H21NO. The average Bonchev–Trinajstić information content (AvgIpc) is 2.74. The number of benzene rings is 1. The van der Waals surface area contributed by atoms with Gasteiger partial charge in [-0.3, -0.25) is 4.90 Å². The molecule has 1 saturated heterocycles. The number of carbonyl (C=O) groups is 1. The van der Waals surface area contributed by atoms with Crippen LogP contribution < -0.4 is 0 Å². The number of hydrogen-bond donors (Lipinski definition) is 0. The van der Waals surface area contributed by atoms with E-state index < -0.39 is 0 Å². The van der Waals surface area contributed by atoms with Gasteiger partial charge >= 0.3 is 0 Å². The highest BCUT2D eigenvalue weighted by atomic mass is 16.1. The monoisotopic (exact) mass is 231 g/mol. The van der Waals surface area contributed by atoms with E-state index in [1.165, 1.54) is 24.8 Å². The Morgan fingerprint density at radius 3 is 2.59 bits per heavy atom. The zero-order chi connectivity index (χ0) is 12.1. The Morgan fingerprint density at radius 2 is 1.94 bits per heavy atom. The third-order valence-electron chi connectivity index (χ3n) is 3.82. The number of nitrogens with zero attached hydrogens (tertiary/aromatic N) is 1. The molecule has 1 aliphatic heterocycles. The standard InChI is InChI=1S/C15H21NO/c1-2-14-8-9-15(10-11-17)16(14)12-13-6-4-3-5-7-13/h3-7,11,14-15H,2,8-10,12H2,1H3. The number of aldehydes is 1. The molecule has 2 unspecified atom stereocenters. The van der Waals surface area contributed by atoms with Crippen LogP contribution >= 0.6 is 0 Å². The van der Waals surface area contributed by atoms with E-state index in [0.29, 0.717) is 18.5 Å². The van der Waals surface area contributed by atoms with Crippen molar-refractivity contribution in [1.82, 2.24) is 4.90 Å². The van der Waals surface area contributed by atoms with E-state index in [9.17, 15) is 4.79 Å². The van der Waals surface area contributed by atoms with Gasteiger partial charge in [-0.2, -0.15) is 0 Å². The molecule has 17 heavy (non-hydrogen) atoms. The first-order valence-electron chi connectivity index (χ1n) is 6.58. The van der Waals surface area contributed by atoms with Crippen molar-refractivity contribution < 1.29 is 4.79 Å². The Balaban J connectivity index is 2.06. The van der Waals surface area contributed by atoms with Crippen molar-refractivity contribution in [2.24, 2.45) is 0 Å². The van der Waals surface area contributed by atoms with Crippen LogP contribution in [-0.4, -0.2) is 23.3 Å². The number of carbonyl (C=O) groups excluding carboxylic acids is 1. The fourth-order valence-electron chi connectivity index (χ4n) is 2.87. The van der Waals surface area contributed by atoms with Gasteiger partial charge in [-0.1, -0.05) is 37.3 Å². The van der Waals surface area contributed by atoms with Crippen molar-refractivity contribution >= 4 is 6.29 Å². The van der Waals surface area contributed by atoms with Crippen LogP contribution in [0.3, 0.4) is 0 Å². The number of hydrogen-bond acceptors (Lipinski definition) is 2. The predicted octanol–water partition coefficient (Wildman–Crippen LogP) is 3.02. The molecule has 2 atom stereocenters. The summed E-state index contributed by atoms with van der Waals surface area (Å²) in [5.41, 5.74) is 1.35. The van der Waals surface area contributed by atoms with E-state index in [4.69, 9.17) is 0 Å². The zero-order valence-electron chi connectivity index (χ0n) is 10.5. The Kier molecular flexibility index (Phi) is 4.32. The number of rotatable bonds is 5. The molecule has 1 fully saturated rings. The maximum absolute atomic E-state index is 10.7. The molecule has 1 aliphatic rings. The first kappa shape index (κ1) is 12.3. The first-order valence-corrected chi connectivity index (χ1v) is 6.58. The normalized spacial score (nSPS) is 25.0. The van der Waals surface area contributed by atoms with Gasteiger partial charge in [0.25, 0.3) is 0 Å². The fraction of sp³-hybridized carbons (Fsp3) is 0.533. The van der Waals surface area contributed by atoms with Crippen LogP contribution in [0.5, 0.6) is 0 Å². The second kappa shape index (κ2) is 5.97. The summed E-state index contributed by atoms with van der Waals surface area (Å²) in [4.78, 5) is 13.2. The van der Waals surface area contributed by atoms with Gasteiger partial charge in [0.15, 0.2) is 0 Å². The van der Waals surface area contributed by atoms with Crippen LogP contribution in [0.15, 0.2) is 30.3 Å². The Bertz CT molecular complexity index is 349. The molecule has 92 valence electrons. The number of likely N-dealkylation sites (tertiary alicyclic amines) is 1. The summed E-state index contributed by atoms with van der Waals surface area (Å²) >= 11 is 0. The van der Waals surface area contributed by atoms with Crippen LogP contribution in [-0.2, 0) is 11.3 Å². The highest BCUT2D eigenvalue weighted by Crippen LogP contribution is 2.29. The van der Waals surface area contributed by atoms with E-state index in [0.717, 1.165) is 12.8 Å². The quantitative estimate of drug-likeness (QED) is 0.726. The van der Waals surface area contributed by atoms with Crippen molar-refractivity contribution in [2.45, 2.75) is 51.2 Å². The van der Waals surface area contributed by atoms with Gasteiger partial charge in [0.1, 0.15) is 6.29 Å². The van der Waals surface area contributed by atoms with E-state index in [2.05, 4.69) is 36.1 Å². The fourth-order valence-corrected chi connectivity index (χ4v) is 2.87. The molecule has 0 spiro atoms. The van der Waals surface area contributed by atoms with Gasteiger partial charge in [0.2, 0.25) is 0 Å². The summed E-state index contributed by atoms with van der Waals surface area (Å²) in [6, 6.07) is 11.7. The van der Waals surface area contributed by atoms with Gasteiger partial charge in [0, 0.05) is 25.0 Å². The minimum absolute atomic E-state index is 0.456. The summed E-state index contributed by atoms with van der Waals surface area (Å²) < 4.78 is 0. The summed E-state index contributed by atoms with van der Waals surface area (Å²) in [5.74, 6) is 0. The van der Waals surface area contributed by atoms with Crippen LogP contribution in [0, 0.1) is 0 Å². The third kappa shape index (κ3) is 2.95.